The smallest absolute Gasteiger partial charge is 0.368 e. The minimum atomic E-state index is -4.29. The van der Waals surface area contributed by atoms with Crippen molar-refractivity contribution in [2.24, 2.45) is 0 Å². The molecule has 2 nitrogen and oxygen atoms in total. The van der Waals surface area contributed by atoms with Crippen molar-refractivity contribution in [1.82, 2.24) is 4.90 Å². The van der Waals surface area contributed by atoms with Crippen molar-refractivity contribution in [3.8, 4) is 0 Å². The van der Waals surface area contributed by atoms with E-state index in [0.29, 0.717) is 18.8 Å². The van der Waals surface area contributed by atoms with Crippen molar-refractivity contribution in [2.75, 3.05) is 37.6 Å². The standard InChI is InChI=1S/C16H22F3N2/c1-2-3-6-9-20-10-12-21(13-11-20)15-8-5-4-7-14(15)16(17,18)19/h4-5,7-8H,1-3,6,9-13H2. The molecule has 0 aliphatic carbocycles. The fraction of sp³-hybridized carbons (Fsp3) is 0.562. The van der Waals surface area contributed by atoms with E-state index in [1.54, 1.807) is 12.1 Å². The van der Waals surface area contributed by atoms with Crippen molar-refractivity contribution in [1.29, 1.82) is 0 Å². The van der Waals surface area contributed by atoms with Crippen molar-refractivity contribution in [3.05, 3.63) is 36.8 Å². The summed E-state index contributed by atoms with van der Waals surface area (Å²) in [6.45, 7) is 7.78. The monoisotopic (exact) mass is 299 g/mol. The number of para-hydroxylation sites is 1. The van der Waals surface area contributed by atoms with Crippen LogP contribution in [-0.2, 0) is 6.18 Å². The predicted molar refractivity (Wildman–Crippen MR) is 79.3 cm³/mol. The Kier molecular flexibility index (Phi) is 5.51. The Morgan fingerprint density at radius 1 is 1.00 bits per heavy atom. The van der Waals surface area contributed by atoms with Crippen molar-refractivity contribution in [2.45, 2.75) is 25.4 Å². The van der Waals surface area contributed by atoms with Gasteiger partial charge in [-0.3, -0.25) is 4.90 Å². The second-order valence-electron chi connectivity index (χ2n) is 5.40. The Balaban J connectivity index is 1.97. The van der Waals surface area contributed by atoms with Gasteiger partial charge in [0.1, 0.15) is 0 Å². The summed E-state index contributed by atoms with van der Waals surface area (Å²) in [6, 6.07) is 5.85. The molecule has 21 heavy (non-hydrogen) atoms. The van der Waals surface area contributed by atoms with E-state index in [0.717, 1.165) is 45.0 Å². The Morgan fingerprint density at radius 3 is 2.29 bits per heavy atom. The Bertz CT molecular complexity index is 437. The highest BCUT2D eigenvalue weighted by atomic mass is 19.4. The lowest BCUT2D eigenvalue weighted by molar-refractivity contribution is -0.137. The number of anilines is 1. The molecule has 1 fully saturated rings. The second-order valence-corrected chi connectivity index (χ2v) is 5.40. The van der Waals surface area contributed by atoms with Crippen molar-refractivity contribution >= 4 is 5.69 Å². The molecule has 2 rings (SSSR count). The van der Waals surface area contributed by atoms with Crippen LogP contribution in [0.15, 0.2) is 24.3 Å². The summed E-state index contributed by atoms with van der Waals surface area (Å²) in [4.78, 5) is 4.17. The van der Waals surface area contributed by atoms with E-state index >= 15 is 0 Å². The lowest BCUT2D eigenvalue weighted by Gasteiger charge is -2.37. The maximum Gasteiger partial charge on any atom is 0.418 e. The summed E-state index contributed by atoms with van der Waals surface area (Å²) < 4.78 is 39.1. The molecule has 0 spiro atoms. The molecule has 1 heterocycles. The number of hydrogen-bond acceptors (Lipinski definition) is 2. The molecule has 1 aromatic rings. The van der Waals surface area contributed by atoms with Gasteiger partial charge in [0.25, 0.3) is 0 Å². The molecule has 0 bridgehead atoms. The first-order valence-corrected chi connectivity index (χ1v) is 7.45. The van der Waals surface area contributed by atoms with Crippen LogP contribution in [0.5, 0.6) is 0 Å². The van der Waals surface area contributed by atoms with E-state index in [4.69, 9.17) is 0 Å². The van der Waals surface area contributed by atoms with E-state index in [2.05, 4.69) is 11.8 Å². The molecule has 1 aromatic carbocycles. The Labute approximate surface area is 124 Å². The van der Waals surface area contributed by atoms with Crippen LogP contribution < -0.4 is 4.90 Å². The highest BCUT2D eigenvalue weighted by Crippen LogP contribution is 2.36. The van der Waals surface area contributed by atoms with Gasteiger partial charge >= 0.3 is 6.18 Å². The van der Waals surface area contributed by atoms with E-state index < -0.39 is 11.7 Å². The van der Waals surface area contributed by atoms with E-state index in [1.807, 2.05) is 4.90 Å². The van der Waals surface area contributed by atoms with Crippen molar-refractivity contribution in [3.63, 3.8) is 0 Å². The summed E-state index contributed by atoms with van der Waals surface area (Å²) in [5.74, 6) is 0. The van der Waals surface area contributed by atoms with Gasteiger partial charge in [-0.05, 0) is 25.1 Å². The fourth-order valence-electron chi connectivity index (χ4n) is 2.71. The largest absolute Gasteiger partial charge is 0.418 e. The fourth-order valence-corrected chi connectivity index (χ4v) is 2.71. The highest BCUT2D eigenvalue weighted by Gasteiger charge is 2.35. The first-order valence-electron chi connectivity index (χ1n) is 7.45. The molecule has 0 amide bonds. The zero-order valence-corrected chi connectivity index (χ0v) is 12.2. The van der Waals surface area contributed by atoms with Gasteiger partial charge in [0.2, 0.25) is 0 Å². The lowest BCUT2D eigenvalue weighted by atomic mass is 10.1. The van der Waals surface area contributed by atoms with E-state index in [9.17, 15) is 13.2 Å². The number of rotatable bonds is 5. The topological polar surface area (TPSA) is 6.48 Å². The molecule has 0 atom stereocenters. The summed E-state index contributed by atoms with van der Waals surface area (Å²) >= 11 is 0. The number of benzene rings is 1. The maximum absolute atomic E-state index is 13.0. The predicted octanol–water partition coefficient (Wildman–Crippen LogP) is 3.83. The second kappa shape index (κ2) is 7.16. The number of alkyl halides is 3. The third-order valence-electron chi connectivity index (χ3n) is 3.90. The van der Waals surface area contributed by atoms with Crippen molar-refractivity contribution < 1.29 is 13.2 Å². The molecule has 117 valence electrons. The van der Waals surface area contributed by atoms with Gasteiger partial charge in [-0.25, -0.2) is 0 Å². The number of piperazine rings is 1. The van der Waals surface area contributed by atoms with Crippen LogP contribution in [0.2, 0.25) is 0 Å². The average Bonchev–Trinajstić information content (AvgIpc) is 2.47. The van der Waals surface area contributed by atoms with Gasteiger partial charge < -0.3 is 4.90 Å². The van der Waals surface area contributed by atoms with E-state index in [-0.39, 0.29) is 0 Å². The third-order valence-corrected chi connectivity index (χ3v) is 3.90. The molecule has 1 aliphatic rings. The Morgan fingerprint density at radius 2 is 1.67 bits per heavy atom. The van der Waals surface area contributed by atoms with E-state index in [1.165, 1.54) is 6.07 Å². The van der Waals surface area contributed by atoms with Gasteiger partial charge in [0.05, 0.1) is 5.56 Å². The molecular weight excluding hydrogens is 277 g/mol. The first kappa shape index (κ1) is 16.1. The minimum Gasteiger partial charge on any atom is -0.368 e. The molecule has 0 unspecified atom stereocenters. The zero-order valence-electron chi connectivity index (χ0n) is 12.2. The minimum absolute atomic E-state index is 0.308. The van der Waals surface area contributed by atoms with Crippen LogP contribution in [0.1, 0.15) is 24.8 Å². The summed E-state index contributed by atoms with van der Waals surface area (Å²) in [6.07, 6.45) is -1.12. The average molecular weight is 299 g/mol. The normalized spacial score (nSPS) is 17.2. The van der Waals surface area contributed by atoms with Gasteiger partial charge in [-0.15, -0.1) is 0 Å². The van der Waals surface area contributed by atoms with Crippen LogP contribution in [0.3, 0.4) is 0 Å². The maximum atomic E-state index is 13.0. The lowest BCUT2D eigenvalue weighted by Crippen LogP contribution is -2.47. The van der Waals surface area contributed by atoms with Gasteiger partial charge in [-0.1, -0.05) is 31.9 Å². The van der Waals surface area contributed by atoms with Crippen LogP contribution in [0.25, 0.3) is 0 Å². The molecule has 0 N–H and O–H groups in total. The molecule has 1 aliphatic heterocycles. The highest BCUT2D eigenvalue weighted by molar-refractivity contribution is 5.55. The summed E-state index contributed by atoms with van der Waals surface area (Å²) in [7, 11) is 0. The summed E-state index contributed by atoms with van der Waals surface area (Å²) in [5, 5.41) is 0. The van der Waals surface area contributed by atoms with Gasteiger partial charge in [-0.2, -0.15) is 13.2 Å². The molecule has 5 heteroatoms. The number of hydrogen-bond donors (Lipinski definition) is 0. The number of unbranched alkanes of at least 4 members (excludes halogenated alkanes) is 2. The van der Waals surface area contributed by atoms with Gasteiger partial charge in [0.15, 0.2) is 0 Å². The molecular formula is C16H22F3N2. The quantitative estimate of drug-likeness (QED) is 0.762. The molecule has 0 aromatic heterocycles. The zero-order chi connectivity index (χ0) is 15.3. The van der Waals surface area contributed by atoms with Crippen LogP contribution in [0.4, 0.5) is 18.9 Å². The molecule has 1 saturated heterocycles. The first-order chi connectivity index (χ1) is 10.0. The third kappa shape index (κ3) is 4.37. The molecule has 0 saturated carbocycles. The van der Waals surface area contributed by atoms with Crippen LogP contribution in [0, 0.1) is 6.92 Å². The SMILES string of the molecule is [CH2]CCCCN1CCN(c2ccccc2C(F)(F)F)CC1. The molecule has 1 radical (unpaired) electrons. The van der Waals surface area contributed by atoms with Gasteiger partial charge in [0, 0.05) is 31.9 Å². The number of nitrogens with zero attached hydrogens (tertiary/aromatic N) is 2. The number of halogens is 3. The summed E-state index contributed by atoms with van der Waals surface area (Å²) in [5.41, 5.74) is -0.224. The Hall–Kier alpha value is -1.23. The van der Waals surface area contributed by atoms with Crippen LogP contribution >= 0.6 is 0 Å². The van der Waals surface area contributed by atoms with Crippen LogP contribution in [-0.4, -0.2) is 37.6 Å².